The minimum atomic E-state index is -0.526. The number of hydrogen-bond donors (Lipinski definition) is 2. The molecule has 0 radical (unpaired) electrons. The van der Waals surface area contributed by atoms with Crippen molar-refractivity contribution in [1.82, 2.24) is 4.90 Å². The smallest absolute Gasteiger partial charge is 0.232 e. The van der Waals surface area contributed by atoms with Crippen LogP contribution in [-0.4, -0.2) is 57.8 Å². The van der Waals surface area contributed by atoms with E-state index in [1.54, 1.807) is 11.8 Å². The summed E-state index contributed by atoms with van der Waals surface area (Å²) in [6.45, 7) is 3.94. The van der Waals surface area contributed by atoms with Crippen molar-refractivity contribution < 1.29 is 15.0 Å². The third-order valence-electron chi connectivity index (χ3n) is 7.28. The van der Waals surface area contributed by atoms with Crippen LogP contribution < -0.4 is 0 Å². The molecule has 0 unspecified atom stereocenters. The van der Waals surface area contributed by atoms with Gasteiger partial charge in [-0.1, -0.05) is 53.6 Å². The van der Waals surface area contributed by atoms with Gasteiger partial charge in [0.2, 0.25) is 5.91 Å². The van der Waals surface area contributed by atoms with E-state index in [0.29, 0.717) is 29.9 Å². The molecule has 1 saturated heterocycles. The number of amides is 1. The fourth-order valence-corrected chi connectivity index (χ4v) is 6.52. The Morgan fingerprint density at radius 2 is 2.12 bits per heavy atom. The number of rotatable bonds is 9. The normalized spacial score (nSPS) is 28.3. The first kappa shape index (κ1) is 23.6. The van der Waals surface area contributed by atoms with Crippen molar-refractivity contribution in [2.75, 3.05) is 24.6 Å². The van der Waals surface area contributed by atoms with E-state index in [-0.39, 0.29) is 12.0 Å². The summed E-state index contributed by atoms with van der Waals surface area (Å²) in [4.78, 5) is 14.2. The molecule has 0 bridgehead atoms. The van der Waals surface area contributed by atoms with E-state index in [4.69, 9.17) is 0 Å². The molecule has 2 N–H and O–H groups in total. The standard InChI is InChI=1S/C27H37NO3S/c1-19-5-4-6-20(13-19)15-23(29)7-8-24-25-16-21(14-22(25)17-26(24)30)9-12-32-18-27(31)28-10-2-3-11-28/h4-8,13-14,22-26,29-30H,2-3,9-12,15-18H2,1H3/t22-,23-,24+,25-,26+/m0/s1. The van der Waals surface area contributed by atoms with E-state index >= 15 is 0 Å². The number of allylic oxidation sites excluding steroid dienone is 2. The van der Waals surface area contributed by atoms with Gasteiger partial charge in [0.15, 0.2) is 0 Å². The van der Waals surface area contributed by atoms with E-state index in [0.717, 1.165) is 56.5 Å². The first-order valence-electron chi connectivity index (χ1n) is 12.1. The molecule has 1 aliphatic heterocycles. The van der Waals surface area contributed by atoms with Crippen LogP contribution in [0.3, 0.4) is 0 Å². The summed E-state index contributed by atoms with van der Waals surface area (Å²) in [6, 6.07) is 8.25. The highest BCUT2D eigenvalue weighted by molar-refractivity contribution is 7.99. The lowest BCUT2D eigenvalue weighted by Gasteiger charge is -2.19. The third kappa shape index (κ3) is 6.06. The summed E-state index contributed by atoms with van der Waals surface area (Å²) in [6.07, 6.45) is 11.3. The number of aliphatic hydroxyl groups excluding tert-OH is 2. The number of thioether (sulfide) groups is 1. The first-order valence-corrected chi connectivity index (χ1v) is 13.3. The predicted octanol–water partition coefficient (Wildman–Crippen LogP) is 4.14. The topological polar surface area (TPSA) is 60.8 Å². The number of benzene rings is 1. The van der Waals surface area contributed by atoms with E-state index in [2.05, 4.69) is 31.2 Å². The second-order valence-corrected chi connectivity index (χ2v) is 10.9. The van der Waals surface area contributed by atoms with Gasteiger partial charge in [0.05, 0.1) is 18.0 Å². The Bertz CT molecular complexity index is 845. The lowest BCUT2D eigenvalue weighted by Crippen LogP contribution is -2.29. The molecule has 0 aromatic heterocycles. The van der Waals surface area contributed by atoms with Crippen LogP contribution in [0.25, 0.3) is 0 Å². The van der Waals surface area contributed by atoms with Crippen LogP contribution in [0.2, 0.25) is 0 Å². The van der Waals surface area contributed by atoms with E-state index < -0.39 is 6.10 Å². The highest BCUT2D eigenvalue weighted by Gasteiger charge is 2.43. The Morgan fingerprint density at radius 1 is 1.31 bits per heavy atom. The van der Waals surface area contributed by atoms with E-state index in [9.17, 15) is 15.0 Å². The number of carbonyl (C=O) groups excluding carboxylic acids is 1. The molecule has 5 heteroatoms. The Labute approximate surface area is 196 Å². The van der Waals surface area contributed by atoms with Crippen LogP contribution in [0.5, 0.6) is 0 Å². The van der Waals surface area contributed by atoms with Crippen molar-refractivity contribution in [3.05, 3.63) is 59.2 Å². The number of fused-ring (bicyclic) bond motifs is 1. The lowest BCUT2D eigenvalue weighted by atomic mass is 9.88. The molecule has 1 aromatic rings. The molecule has 1 saturated carbocycles. The van der Waals surface area contributed by atoms with Crippen LogP contribution in [0.4, 0.5) is 0 Å². The molecule has 174 valence electrons. The minimum absolute atomic E-state index is 0.116. The molecule has 1 amide bonds. The van der Waals surface area contributed by atoms with Crippen LogP contribution in [0, 0.1) is 24.7 Å². The maximum atomic E-state index is 12.2. The summed E-state index contributed by atoms with van der Waals surface area (Å²) in [7, 11) is 0. The quantitative estimate of drug-likeness (QED) is 0.434. The molecule has 1 heterocycles. The van der Waals surface area contributed by atoms with Gasteiger partial charge in [-0.15, -0.1) is 0 Å². The highest BCUT2D eigenvalue weighted by Crippen LogP contribution is 2.48. The van der Waals surface area contributed by atoms with Gasteiger partial charge in [0, 0.05) is 25.4 Å². The molecule has 32 heavy (non-hydrogen) atoms. The van der Waals surface area contributed by atoms with Crippen LogP contribution in [0.1, 0.15) is 43.2 Å². The van der Waals surface area contributed by atoms with Crippen molar-refractivity contribution in [3.8, 4) is 0 Å². The van der Waals surface area contributed by atoms with Crippen molar-refractivity contribution in [2.24, 2.45) is 17.8 Å². The second kappa shape index (κ2) is 11.0. The van der Waals surface area contributed by atoms with Crippen molar-refractivity contribution in [3.63, 3.8) is 0 Å². The Balaban J connectivity index is 1.22. The minimum Gasteiger partial charge on any atom is -0.392 e. The van der Waals surface area contributed by atoms with Gasteiger partial charge in [-0.05, 0) is 62.2 Å². The molecule has 3 aliphatic rings. The number of hydrogen-bond acceptors (Lipinski definition) is 4. The average molecular weight is 456 g/mol. The van der Waals surface area contributed by atoms with Gasteiger partial charge < -0.3 is 15.1 Å². The summed E-state index contributed by atoms with van der Waals surface area (Å²) in [5, 5.41) is 21.1. The zero-order valence-corrected chi connectivity index (χ0v) is 20.0. The summed E-state index contributed by atoms with van der Waals surface area (Å²) in [5.41, 5.74) is 3.82. The maximum Gasteiger partial charge on any atom is 0.232 e. The van der Waals surface area contributed by atoms with Crippen molar-refractivity contribution >= 4 is 17.7 Å². The number of aliphatic hydroxyl groups is 2. The monoisotopic (exact) mass is 455 g/mol. The molecule has 4 rings (SSSR count). The van der Waals surface area contributed by atoms with Gasteiger partial charge in [0.1, 0.15) is 0 Å². The van der Waals surface area contributed by atoms with Gasteiger partial charge in [-0.2, -0.15) is 11.8 Å². The molecule has 1 aromatic carbocycles. The highest BCUT2D eigenvalue weighted by atomic mass is 32.2. The SMILES string of the molecule is Cc1cccc(C[C@@H](O)C=C[C@@H]2[C@H]3CC(CCSCC(=O)N4CCCC4)=C[C@H]3C[C@H]2O)c1. The number of carbonyl (C=O) groups is 1. The Hall–Kier alpha value is -1.56. The van der Waals surface area contributed by atoms with Crippen LogP contribution >= 0.6 is 11.8 Å². The molecular formula is C27H37NO3S. The number of nitrogens with zero attached hydrogens (tertiary/aromatic N) is 1. The predicted molar refractivity (Wildman–Crippen MR) is 132 cm³/mol. The molecule has 4 nitrogen and oxygen atoms in total. The Kier molecular flexibility index (Phi) is 8.14. The largest absolute Gasteiger partial charge is 0.392 e. The third-order valence-corrected chi connectivity index (χ3v) is 8.23. The van der Waals surface area contributed by atoms with Crippen molar-refractivity contribution in [1.29, 1.82) is 0 Å². The lowest BCUT2D eigenvalue weighted by molar-refractivity contribution is -0.127. The second-order valence-electron chi connectivity index (χ2n) is 9.77. The van der Waals surface area contributed by atoms with Crippen LogP contribution in [0.15, 0.2) is 48.1 Å². The van der Waals surface area contributed by atoms with Crippen molar-refractivity contribution in [2.45, 2.75) is 57.7 Å². The van der Waals surface area contributed by atoms with Gasteiger partial charge >= 0.3 is 0 Å². The van der Waals surface area contributed by atoms with E-state index in [1.165, 1.54) is 11.1 Å². The molecule has 5 atom stereocenters. The molecule has 2 fully saturated rings. The van der Waals surface area contributed by atoms with Crippen LogP contribution in [-0.2, 0) is 11.2 Å². The number of aryl methyl sites for hydroxylation is 1. The van der Waals surface area contributed by atoms with E-state index in [1.807, 2.05) is 23.1 Å². The molecule has 0 spiro atoms. The fourth-order valence-electron chi connectivity index (χ4n) is 5.62. The first-order chi connectivity index (χ1) is 15.5. The van der Waals surface area contributed by atoms with Gasteiger partial charge in [-0.3, -0.25) is 4.79 Å². The molecular weight excluding hydrogens is 418 g/mol. The summed E-state index contributed by atoms with van der Waals surface area (Å²) < 4.78 is 0. The number of likely N-dealkylation sites (tertiary alicyclic amines) is 1. The molecule has 2 aliphatic carbocycles. The Morgan fingerprint density at radius 3 is 2.91 bits per heavy atom. The zero-order valence-electron chi connectivity index (χ0n) is 19.2. The zero-order chi connectivity index (χ0) is 22.5. The van der Waals surface area contributed by atoms with Gasteiger partial charge in [-0.25, -0.2) is 0 Å². The summed E-state index contributed by atoms with van der Waals surface area (Å²) >= 11 is 1.75. The average Bonchev–Trinajstić information content (AvgIpc) is 3.47. The van der Waals surface area contributed by atoms with Gasteiger partial charge in [0.25, 0.3) is 0 Å². The summed E-state index contributed by atoms with van der Waals surface area (Å²) in [5.74, 6) is 2.89. The maximum absolute atomic E-state index is 12.2. The fraction of sp³-hybridized carbons (Fsp3) is 0.593.